The van der Waals surface area contributed by atoms with Crippen LogP contribution in [0.5, 0.6) is 0 Å². The van der Waals surface area contributed by atoms with E-state index in [1.165, 1.54) is 18.3 Å². The normalized spacial score (nSPS) is 14.9. The van der Waals surface area contributed by atoms with E-state index in [9.17, 15) is 13.2 Å². The van der Waals surface area contributed by atoms with E-state index in [1.807, 2.05) is 4.90 Å². The molecule has 1 aromatic carbocycles. The zero-order valence-corrected chi connectivity index (χ0v) is 16.8. The van der Waals surface area contributed by atoms with Gasteiger partial charge in [-0.3, -0.25) is 4.79 Å². The first kappa shape index (κ1) is 20.7. The van der Waals surface area contributed by atoms with Crippen molar-refractivity contribution in [1.29, 1.82) is 5.26 Å². The second-order valence-corrected chi connectivity index (χ2v) is 9.07. The van der Waals surface area contributed by atoms with Crippen LogP contribution >= 0.6 is 0 Å². The third kappa shape index (κ3) is 5.51. The molecule has 1 saturated heterocycles. The summed E-state index contributed by atoms with van der Waals surface area (Å²) in [4.78, 5) is 22.7. The van der Waals surface area contributed by atoms with Gasteiger partial charge in [0.15, 0.2) is 21.3 Å². The number of hydrogen-bond acceptors (Lipinski definition) is 7. The lowest BCUT2D eigenvalue weighted by Gasteiger charge is -2.32. The zero-order valence-electron chi connectivity index (χ0n) is 16.0. The van der Waals surface area contributed by atoms with Crippen molar-refractivity contribution in [2.75, 3.05) is 30.3 Å². The van der Waals surface area contributed by atoms with Crippen molar-refractivity contribution < 1.29 is 13.2 Å². The molecule has 0 atom stereocenters. The fraction of sp³-hybridized carbons (Fsp3) is 0.400. The van der Waals surface area contributed by atoms with E-state index < -0.39 is 9.84 Å². The maximum atomic E-state index is 12.2. The Morgan fingerprint density at radius 2 is 1.86 bits per heavy atom. The second kappa shape index (κ2) is 9.47. The average molecular weight is 414 g/mol. The van der Waals surface area contributed by atoms with Gasteiger partial charge in [-0.1, -0.05) is 18.2 Å². The summed E-state index contributed by atoms with van der Waals surface area (Å²) in [7, 11) is -3.45. The molecule has 1 aromatic heterocycles. The fourth-order valence-electron chi connectivity index (χ4n) is 3.31. The Morgan fingerprint density at radius 3 is 2.55 bits per heavy atom. The van der Waals surface area contributed by atoms with Gasteiger partial charge in [-0.05, 0) is 30.9 Å². The largest absolute Gasteiger partial charge is 0.356 e. The maximum absolute atomic E-state index is 12.2. The number of carbonyl (C=O) groups is 1. The second-order valence-electron chi connectivity index (χ2n) is 6.96. The van der Waals surface area contributed by atoms with Crippen molar-refractivity contribution in [3.8, 4) is 6.07 Å². The molecule has 1 aliphatic heterocycles. The molecule has 1 aliphatic rings. The molecule has 0 radical (unpaired) electrons. The Balaban J connectivity index is 1.42. The first-order chi connectivity index (χ1) is 14.0. The van der Waals surface area contributed by atoms with E-state index >= 15 is 0 Å². The monoisotopic (exact) mass is 413 g/mol. The summed E-state index contributed by atoms with van der Waals surface area (Å²) in [6.45, 7) is 1.98. The summed E-state index contributed by atoms with van der Waals surface area (Å²) >= 11 is 0. The van der Waals surface area contributed by atoms with E-state index in [-0.39, 0.29) is 23.0 Å². The van der Waals surface area contributed by atoms with Gasteiger partial charge in [0.2, 0.25) is 5.91 Å². The van der Waals surface area contributed by atoms with E-state index in [0.717, 1.165) is 25.9 Å². The molecule has 9 heteroatoms. The van der Waals surface area contributed by atoms with Gasteiger partial charge in [0.05, 0.1) is 10.6 Å². The molecule has 152 valence electrons. The zero-order chi connectivity index (χ0) is 20.7. The molecule has 1 amide bonds. The van der Waals surface area contributed by atoms with Crippen LogP contribution in [0.15, 0.2) is 47.6 Å². The molecule has 0 unspecified atom stereocenters. The van der Waals surface area contributed by atoms with Crippen LogP contribution in [0.25, 0.3) is 0 Å². The summed E-state index contributed by atoms with van der Waals surface area (Å²) in [5, 5.41) is 12.0. The first-order valence-electron chi connectivity index (χ1n) is 9.50. The number of carbonyl (C=O) groups excluding carboxylic acids is 1. The van der Waals surface area contributed by atoms with Crippen molar-refractivity contribution >= 4 is 21.6 Å². The lowest BCUT2D eigenvalue weighted by atomic mass is 9.96. The van der Waals surface area contributed by atoms with Gasteiger partial charge in [0.25, 0.3) is 0 Å². The van der Waals surface area contributed by atoms with Gasteiger partial charge in [-0.25, -0.2) is 18.4 Å². The van der Waals surface area contributed by atoms with Gasteiger partial charge in [-0.15, -0.1) is 0 Å². The number of anilines is 1. The summed E-state index contributed by atoms with van der Waals surface area (Å²) < 4.78 is 24.5. The minimum absolute atomic E-state index is 0.0544. The Morgan fingerprint density at radius 1 is 1.17 bits per heavy atom. The number of amides is 1. The Labute approximate surface area is 170 Å². The number of sulfone groups is 1. The number of benzene rings is 1. The number of nitrogens with zero attached hydrogens (tertiary/aromatic N) is 4. The highest BCUT2D eigenvalue weighted by Gasteiger charge is 2.23. The smallest absolute Gasteiger partial charge is 0.221 e. The van der Waals surface area contributed by atoms with E-state index in [4.69, 9.17) is 5.26 Å². The van der Waals surface area contributed by atoms with E-state index in [0.29, 0.717) is 24.0 Å². The van der Waals surface area contributed by atoms with Gasteiger partial charge in [0.1, 0.15) is 6.07 Å². The molecule has 1 fully saturated rings. The standard InChI is InChI=1S/C20H23N5O3S/c21-14-18-20(23-10-9-22-18)25-11-6-16(7-12-25)15-24-19(26)8-13-29(27,28)17-4-2-1-3-5-17/h1-5,9-10,16H,6-8,11-13,15H2,(H,24,26). The number of nitrogens with one attached hydrogen (secondary N) is 1. The number of piperidine rings is 1. The van der Waals surface area contributed by atoms with Crippen LogP contribution < -0.4 is 10.2 Å². The van der Waals surface area contributed by atoms with Crippen molar-refractivity contribution in [3.63, 3.8) is 0 Å². The first-order valence-corrected chi connectivity index (χ1v) is 11.2. The highest BCUT2D eigenvalue weighted by Crippen LogP contribution is 2.23. The Hall–Kier alpha value is -2.99. The van der Waals surface area contributed by atoms with Crippen molar-refractivity contribution in [3.05, 3.63) is 48.4 Å². The van der Waals surface area contributed by atoms with Crippen LogP contribution in [0, 0.1) is 17.2 Å². The summed E-state index contributed by atoms with van der Waals surface area (Å²) in [5.41, 5.74) is 0.318. The molecule has 0 saturated carbocycles. The summed E-state index contributed by atoms with van der Waals surface area (Å²) in [6, 6.07) is 10.2. The molecule has 3 rings (SSSR count). The maximum Gasteiger partial charge on any atom is 0.221 e. The predicted octanol–water partition coefficient (Wildman–Crippen LogP) is 1.54. The van der Waals surface area contributed by atoms with Crippen molar-refractivity contribution in [2.24, 2.45) is 5.92 Å². The van der Waals surface area contributed by atoms with Gasteiger partial charge in [0, 0.05) is 38.4 Å². The van der Waals surface area contributed by atoms with E-state index in [1.54, 1.807) is 24.4 Å². The molecule has 1 N–H and O–H groups in total. The molecular formula is C20H23N5O3S. The van der Waals surface area contributed by atoms with Crippen LogP contribution in [-0.2, 0) is 14.6 Å². The SMILES string of the molecule is N#Cc1nccnc1N1CCC(CNC(=O)CCS(=O)(=O)c2ccccc2)CC1. The molecule has 2 aromatic rings. The van der Waals surface area contributed by atoms with Crippen LogP contribution in [0.3, 0.4) is 0 Å². The number of aromatic nitrogens is 2. The van der Waals surface area contributed by atoms with Crippen LogP contribution in [0.4, 0.5) is 5.82 Å². The molecule has 2 heterocycles. The molecular weight excluding hydrogens is 390 g/mol. The third-order valence-corrected chi connectivity index (χ3v) is 6.72. The number of nitriles is 1. The molecule has 29 heavy (non-hydrogen) atoms. The predicted molar refractivity (Wildman–Crippen MR) is 108 cm³/mol. The van der Waals surface area contributed by atoms with Crippen molar-refractivity contribution in [1.82, 2.24) is 15.3 Å². The van der Waals surface area contributed by atoms with Crippen molar-refractivity contribution in [2.45, 2.75) is 24.2 Å². The highest BCUT2D eigenvalue weighted by atomic mass is 32.2. The topological polar surface area (TPSA) is 116 Å². The van der Waals surface area contributed by atoms with E-state index in [2.05, 4.69) is 21.4 Å². The van der Waals surface area contributed by atoms with Gasteiger partial charge in [-0.2, -0.15) is 5.26 Å². The quantitative estimate of drug-likeness (QED) is 0.732. The summed E-state index contributed by atoms with van der Waals surface area (Å²) in [5.74, 6) is 0.449. The van der Waals surface area contributed by atoms with Crippen LogP contribution in [-0.4, -0.2) is 49.7 Å². The van der Waals surface area contributed by atoms with Crippen LogP contribution in [0.2, 0.25) is 0 Å². The van der Waals surface area contributed by atoms with Gasteiger partial charge < -0.3 is 10.2 Å². The van der Waals surface area contributed by atoms with Gasteiger partial charge >= 0.3 is 0 Å². The van der Waals surface area contributed by atoms with Crippen LogP contribution in [0.1, 0.15) is 25.0 Å². The highest BCUT2D eigenvalue weighted by molar-refractivity contribution is 7.91. The Bertz CT molecular complexity index is 981. The lowest BCUT2D eigenvalue weighted by molar-refractivity contribution is -0.120. The minimum Gasteiger partial charge on any atom is -0.356 e. The lowest BCUT2D eigenvalue weighted by Crippen LogP contribution is -2.39. The third-order valence-electron chi connectivity index (χ3n) is 4.99. The average Bonchev–Trinajstić information content (AvgIpc) is 2.77. The summed E-state index contributed by atoms with van der Waals surface area (Å²) in [6.07, 6.45) is 4.73. The minimum atomic E-state index is -3.45. The molecule has 8 nitrogen and oxygen atoms in total. The fourth-order valence-corrected chi connectivity index (χ4v) is 4.57. The molecule has 0 aliphatic carbocycles. The molecule has 0 bridgehead atoms. The number of hydrogen-bond donors (Lipinski definition) is 1. The number of rotatable bonds is 7. The molecule has 0 spiro atoms. The Kier molecular flexibility index (Phi) is 6.77.